The van der Waals surface area contributed by atoms with Crippen LogP contribution in [0, 0.1) is 23.4 Å². The van der Waals surface area contributed by atoms with Crippen molar-refractivity contribution < 1.29 is 22.7 Å². The molecule has 1 aromatic heterocycles. The largest absolute Gasteiger partial charge is 0.487 e. The van der Waals surface area contributed by atoms with Gasteiger partial charge in [-0.1, -0.05) is 6.07 Å². The van der Waals surface area contributed by atoms with Crippen LogP contribution in [0.3, 0.4) is 0 Å². The summed E-state index contributed by atoms with van der Waals surface area (Å²) in [6.45, 7) is 2.72. The molecular formula is C24H29F3N2O2S. The van der Waals surface area contributed by atoms with Gasteiger partial charge in [-0.05, 0) is 68.9 Å². The minimum atomic E-state index is -1.21. The van der Waals surface area contributed by atoms with Crippen LogP contribution < -0.4 is 10.1 Å². The van der Waals surface area contributed by atoms with Gasteiger partial charge in [0, 0.05) is 31.3 Å². The van der Waals surface area contributed by atoms with Crippen molar-refractivity contribution in [1.29, 1.82) is 0 Å². The summed E-state index contributed by atoms with van der Waals surface area (Å²) < 4.78 is 45.8. The number of carbonyl (C=O) groups is 1. The Hall–Kier alpha value is -2.06. The molecule has 1 aliphatic heterocycles. The first-order chi connectivity index (χ1) is 15.5. The second-order valence-electron chi connectivity index (χ2n) is 8.81. The van der Waals surface area contributed by atoms with Gasteiger partial charge in [-0.2, -0.15) is 0 Å². The van der Waals surface area contributed by atoms with E-state index >= 15 is 0 Å². The Morgan fingerprint density at radius 1 is 1.03 bits per heavy atom. The van der Waals surface area contributed by atoms with Gasteiger partial charge >= 0.3 is 0 Å². The summed E-state index contributed by atoms with van der Waals surface area (Å²) >= 11 is 1.47. The third-order valence-corrected chi connectivity index (χ3v) is 7.45. The fourth-order valence-electron chi connectivity index (χ4n) is 4.65. The van der Waals surface area contributed by atoms with E-state index in [1.165, 1.54) is 11.3 Å². The highest BCUT2D eigenvalue weighted by Gasteiger charge is 2.26. The van der Waals surface area contributed by atoms with Crippen LogP contribution in [-0.4, -0.2) is 42.6 Å². The van der Waals surface area contributed by atoms with Crippen LogP contribution in [0.15, 0.2) is 29.6 Å². The Bertz CT molecular complexity index is 893. The molecule has 0 bridgehead atoms. The first-order valence-corrected chi connectivity index (χ1v) is 12.2. The van der Waals surface area contributed by atoms with Crippen molar-refractivity contribution in [2.24, 2.45) is 5.92 Å². The Labute approximate surface area is 190 Å². The molecular weight excluding hydrogens is 437 g/mol. The average molecular weight is 467 g/mol. The third-order valence-electron chi connectivity index (χ3n) is 6.58. The number of hydrogen-bond acceptors (Lipinski definition) is 4. The number of ether oxygens (including phenoxy) is 1. The molecule has 174 valence electrons. The molecule has 0 spiro atoms. The Balaban J connectivity index is 1.13. The highest BCUT2D eigenvalue weighted by molar-refractivity contribution is 7.12. The van der Waals surface area contributed by atoms with E-state index in [-0.39, 0.29) is 23.8 Å². The van der Waals surface area contributed by atoms with E-state index in [4.69, 9.17) is 4.74 Å². The molecule has 1 aliphatic carbocycles. The van der Waals surface area contributed by atoms with Gasteiger partial charge in [0.15, 0.2) is 23.2 Å². The lowest BCUT2D eigenvalue weighted by Gasteiger charge is -2.34. The molecule has 4 rings (SSSR count). The van der Waals surface area contributed by atoms with Gasteiger partial charge in [0.25, 0.3) is 5.91 Å². The molecule has 1 saturated carbocycles. The monoisotopic (exact) mass is 466 g/mol. The summed E-state index contributed by atoms with van der Waals surface area (Å²) in [6.07, 6.45) is 6.73. The standard InChI is InChI=1S/C24H29F3N2O2S/c25-19-14-21(27)22(15-20(19)26)31-18-8-11-29(12-9-18)10-7-16-3-5-17(6-4-16)28-24(30)23-2-1-13-32-23/h1-2,13-18H,3-12H2,(H,28,30). The second-order valence-corrected chi connectivity index (χ2v) is 9.76. The quantitative estimate of drug-likeness (QED) is 0.557. The van der Waals surface area contributed by atoms with Gasteiger partial charge in [0.05, 0.1) is 4.88 Å². The fraction of sp³-hybridized carbons (Fsp3) is 0.542. The number of hydrogen-bond donors (Lipinski definition) is 1. The van der Waals surface area contributed by atoms with E-state index in [1.807, 2.05) is 17.5 Å². The Morgan fingerprint density at radius 3 is 2.44 bits per heavy atom. The number of nitrogens with one attached hydrogen (secondary N) is 1. The van der Waals surface area contributed by atoms with Crippen molar-refractivity contribution in [3.63, 3.8) is 0 Å². The average Bonchev–Trinajstić information content (AvgIpc) is 3.33. The van der Waals surface area contributed by atoms with Crippen LogP contribution in [0.25, 0.3) is 0 Å². The predicted octanol–water partition coefficient (Wildman–Crippen LogP) is 5.39. The van der Waals surface area contributed by atoms with Crippen molar-refractivity contribution in [2.45, 2.75) is 57.1 Å². The number of benzene rings is 1. The Morgan fingerprint density at radius 2 is 1.75 bits per heavy atom. The van der Waals surface area contributed by atoms with E-state index in [2.05, 4.69) is 10.2 Å². The van der Waals surface area contributed by atoms with E-state index in [0.717, 1.165) is 75.5 Å². The summed E-state index contributed by atoms with van der Waals surface area (Å²) in [7, 11) is 0. The van der Waals surface area contributed by atoms with E-state index < -0.39 is 17.5 Å². The van der Waals surface area contributed by atoms with Crippen molar-refractivity contribution in [2.75, 3.05) is 19.6 Å². The molecule has 0 atom stereocenters. The minimum Gasteiger partial charge on any atom is -0.487 e. The first-order valence-electron chi connectivity index (χ1n) is 11.4. The van der Waals surface area contributed by atoms with Crippen molar-refractivity contribution in [3.05, 3.63) is 52.0 Å². The number of amides is 1. The number of halogens is 3. The first kappa shape index (κ1) is 23.1. The maximum atomic E-state index is 13.8. The zero-order chi connectivity index (χ0) is 22.5. The molecule has 1 aromatic carbocycles. The van der Waals surface area contributed by atoms with Crippen molar-refractivity contribution >= 4 is 17.2 Å². The van der Waals surface area contributed by atoms with Gasteiger partial charge in [0.2, 0.25) is 0 Å². The normalized spacial score (nSPS) is 22.6. The molecule has 2 heterocycles. The third kappa shape index (κ3) is 6.04. The van der Waals surface area contributed by atoms with Crippen LogP contribution >= 0.6 is 11.3 Å². The van der Waals surface area contributed by atoms with E-state index in [1.54, 1.807) is 0 Å². The number of likely N-dealkylation sites (tertiary alicyclic amines) is 1. The molecule has 1 saturated heterocycles. The van der Waals surface area contributed by atoms with Crippen LogP contribution in [0.1, 0.15) is 54.6 Å². The van der Waals surface area contributed by atoms with Crippen LogP contribution in [0.5, 0.6) is 5.75 Å². The van der Waals surface area contributed by atoms with Crippen molar-refractivity contribution in [3.8, 4) is 5.75 Å². The highest BCUT2D eigenvalue weighted by Crippen LogP contribution is 2.29. The number of thiophene rings is 1. The highest BCUT2D eigenvalue weighted by atomic mass is 32.1. The molecule has 1 amide bonds. The lowest BCUT2D eigenvalue weighted by atomic mass is 9.84. The molecule has 2 aromatic rings. The van der Waals surface area contributed by atoms with E-state index in [0.29, 0.717) is 12.0 Å². The predicted molar refractivity (Wildman–Crippen MR) is 119 cm³/mol. The lowest BCUT2D eigenvalue weighted by Crippen LogP contribution is -2.40. The fourth-order valence-corrected chi connectivity index (χ4v) is 5.28. The molecule has 1 N–H and O–H groups in total. The summed E-state index contributed by atoms with van der Waals surface area (Å²) in [5, 5.41) is 5.08. The maximum Gasteiger partial charge on any atom is 0.261 e. The summed E-state index contributed by atoms with van der Waals surface area (Å²) in [5.74, 6) is -2.67. The SMILES string of the molecule is O=C(NC1CCC(CCN2CCC(Oc3cc(F)c(F)cc3F)CC2)CC1)c1cccs1. The van der Waals surface area contributed by atoms with Gasteiger partial charge in [-0.3, -0.25) is 4.79 Å². The van der Waals surface area contributed by atoms with E-state index in [9.17, 15) is 18.0 Å². The zero-order valence-corrected chi connectivity index (χ0v) is 18.8. The lowest BCUT2D eigenvalue weighted by molar-refractivity contribution is 0.0886. The Kier molecular flexibility index (Phi) is 7.73. The number of rotatable bonds is 7. The molecule has 32 heavy (non-hydrogen) atoms. The van der Waals surface area contributed by atoms with Crippen LogP contribution in [-0.2, 0) is 0 Å². The topological polar surface area (TPSA) is 41.6 Å². The van der Waals surface area contributed by atoms with Gasteiger partial charge < -0.3 is 15.0 Å². The van der Waals surface area contributed by atoms with Gasteiger partial charge in [-0.25, -0.2) is 13.2 Å². The van der Waals surface area contributed by atoms with Gasteiger partial charge in [0.1, 0.15) is 6.10 Å². The molecule has 2 aliphatic rings. The summed E-state index contributed by atoms with van der Waals surface area (Å²) in [4.78, 5) is 15.4. The van der Waals surface area contributed by atoms with Crippen LogP contribution in [0.4, 0.5) is 13.2 Å². The van der Waals surface area contributed by atoms with Gasteiger partial charge in [-0.15, -0.1) is 11.3 Å². The number of nitrogens with zero attached hydrogens (tertiary/aromatic N) is 1. The zero-order valence-electron chi connectivity index (χ0n) is 18.0. The molecule has 8 heteroatoms. The van der Waals surface area contributed by atoms with Crippen LogP contribution in [0.2, 0.25) is 0 Å². The number of carbonyl (C=O) groups excluding carboxylic acids is 1. The van der Waals surface area contributed by atoms with Crippen molar-refractivity contribution in [1.82, 2.24) is 10.2 Å². The summed E-state index contributed by atoms with van der Waals surface area (Å²) in [6, 6.07) is 5.34. The second kappa shape index (κ2) is 10.7. The smallest absolute Gasteiger partial charge is 0.261 e. The summed E-state index contributed by atoms with van der Waals surface area (Å²) in [5.41, 5.74) is 0. The molecule has 0 unspecified atom stereocenters. The minimum absolute atomic E-state index is 0.0387. The molecule has 0 radical (unpaired) electrons. The maximum absolute atomic E-state index is 13.8. The molecule has 4 nitrogen and oxygen atoms in total. The molecule has 2 fully saturated rings. The number of piperidine rings is 1.